The van der Waals surface area contributed by atoms with Gasteiger partial charge in [0.25, 0.3) is 11.8 Å². The number of hydrogen-bond donors (Lipinski definition) is 0. The van der Waals surface area contributed by atoms with Crippen molar-refractivity contribution in [1.29, 1.82) is 0 Å². The van der Waals surface area contributed by atoms with Crippen LogP contribution in [0.4, 0.5) is 0 Å². The second-order valence-electron chi connectivity index (χ2n) is 9.54. The first kappa shape index (κ1) is 23.7. The van der Waals surface area contributed by atoms with Crippen LogP contribution < -0.4 is 0 Å². The number of nitrogens with zero attached hydrogens (tertiary/aromatic N) is 4. The van der Waals surface area contributed by atoms with Crippen LogP contribution in [0.15, 0.2) is 72.8 Å². The first-order chi connectivity index (χ1) is 17.0. The average Bonchev–Trinajstić information content (AvgIpc) is 3.39. The molecule has 0 bridgehead atoms. The number of likely N-dealkylation sites (N-methyl/N-ethyl adjacent to an activating group) is 2. The summed E-state index contributed by atoms with van der Waals surface area (Å²) >= 11 is 1.32. The fraction of sp³-hybridized carbons (Fsp3) is 0.357. The maximum Gasteiger partial charge on any atom is 0.264 e. The van der Waals surface area contributed by atoms with Crippen molar-refractivity contribution >= 4 is 23.2 Å². The van der Waals surface area contributed by atoms with Crippen molar-refractivity contribution in [3.8, 4) is 0 Å². The number of benzene rings is 2. The largest absolute Gasteiger partial charge is 0.328 e. The van der Waals surface area contributed by atoms with Gasteiger partial charge in [-0.25, -0.2) is 0 Å². The Labute approximate surface area is 211 Å². The minimum absolute atomic E-state index is 0.00351. The molecule has 0 aliphatic carbocycles. The molecule has 3 heterocycles. The van der Waals surface area contributed by atoms with Crippen LogP contribution in [-0.4, -0.2) is 84.8 Å². The van der Waals surface area contributed by atoms with E-state index in [1.54, 1.807) is 0 Å². The first-order valence-corrected chi connectivity index (χ1v) is 13.0. The van der Waals surface area contributed by atoms with E-state index in [1.807, 2.05) is 58.3 Å². The molecule has 2 fully saturated rings. The van der Waals surface area contributed by atoms with Gasteiger partial charge in [0.15, 0.2) is 0 Å². The first-order valence-electron chi connectivity index (χ1n) is 12.2. The Bertz CT molecular complexity index is 1080. The Balaban J connectivity index is 1.37. The van der Waals surface area contributed by atoms with Gasteiger partial charge in [-0.3, -0.25) is 9.59 Å². The fourth-order valence-corrected chi connectivity index (χ4v) is 6.02. The Morgan fingerprint density at radius 3 is 1.43 bits per heavy atom. The fourth-order valence-electron chi connectivity index (χ4n) is 5.10. The van der Waals surface area contributed by atoms with Crippen LogP contribution in [0.25, 0.3) is 0 Å². The molecule has 2 unspecified atom stereocenters. The predicted octanol–water partition coefficient (Wildman–Crippen LogP) is 4.01. The molecule has 182 valence electrons. The molecule has 2 saturated heterocycles. The average molecular weight is 489 g/mol. The van der Waals surface area contributed by atoms with Crippen LogP contribution >= 0.6 is 11.3 Å². The molecule has 35 heavy (non-hydrogen) atoms. The van der Waals surface area contributed by atoms with Crippen molar-refractivity contribution in [2.45, 2.75) is 12.1 Å². The lowest BCUT2D eigenvalue weighted by atomic mass is 10.0. The molecule has 2 atom stereocenters. The monoisotopic (exact) mass is 488 g/mol. The number of amides is 2. The molecule has 2 aliphatic rings. The molecule has 3 aromatic rings. The molecule has 5 rings (SSSR count). The summed E-state index contributed by atoms with van der Waals surface area (Å²) in [6.45, 7) is 4.62. The summed E-state index contributed by atoms with van der Waals surface area (Å²) in [4.78, 5) is 37.0. The van der Waals surface area contributed by atoms with E-state index in [4.69, 9.17) is 0 Å². The highest BCUT2D eigenvalue weighted by Crippen LogP contribution is 2.31. The van der Waals surface area contributed by atoms with E-state index >= 15 is 0 Å². The van der Waals surface area contributed by atoms with Gasteiger partial charge in [0.2, 0.25) is 0 Å². The zero-order valence-corrected chi connectivity index (χ0v) is 21.2. The molecular weight excluding hydrogens is 456 g/mol. The number of piperazine rings is 2. The van der Waals surface area contributed by atoms with E-state index in [0.717, 1.165) is 37.3 Å². The van der Waals surface area contributed by atoms with Gasteiger partial charge in [-0.15, -0.1) is 11.3 Å². The van der Waals surface area contributed by atoms with E-state index < -0.39 is 0 Å². The standard InChI is InChI=1S/C28H32N4O2S/c1-29-15-17-31(23(19-29)21-9-5-3-6-10-21)27(33)25-13-14-26(35-25)28(34)32-18-16-30(2)20-24(32)22-11-7-4-8-12-22/h3-14,23-24H,15-20H2,1-2H3. The molecule has 0 radical (unpaired) electrons. The van der Waals surface area contributed by atoms with Crippen LogP contribution in [0.2, 0.25) is 0 Å². The Morgan fingerprint density at radius 1 is 0.629 bits per heavy atom. The van der Waals surface area contributed by atoms with Crippen molar-refractivity contribution in [3.63, 3.8) is 0 Å². The highest BCUT2D eigenvalue weighted by atomic mass is 32.1. The zero-order chi connectivity index (χ0) is 24.4. The predicted molar refractivity (Wildman–Crippen MR) is 140 cm³/mol. The Morgan fingerprint density at radius 2 is 1.03 bits per heavy atom. The summed E-state index contributed by atoms with van der Waals surface area (Å²) in [5.74, 6) is 0.0166. The van der Waals surface area contributed by atoms with E-state index in [2.05, 4.69) is 48.2 Å². The lowest BCUT2D eigenvalue weighted by molar-refractivity contribution is 0.0498. The van der Waals surface area contributed by atoms with Gasteiger partial charge >= 0.3 is 0 Å². The summed E-state index contributed by atoms with van der Waals surface area (Å²) in [6, 6.07) is 24.1. The van der Waals surface area contributed by atoms with Gasteiger partial charge < -0.3 is 19.6 Å². The van der Waals surface area contributed by atoms with Gasteiger partial charge in [0, 0.05) is 39.3 Å². The summed E-state index contributed by atoms with van der Waals surface area (Å²) in [5.41, 5.74) is 2.28. The smallest absolute Gasteiger partial charge is 0.264 e. The van der Waals surface area contributed by atoms with Gasteiger partial charge in [-0.1, -0.05) is 60.7 Å². The molecule has 1 aromatic heterocycles. The van der Waals surface area contributed by atoms with E-state index in [9.17, 15) is 9.59 Å². The number of carbonyl (C=O) groups excluding carboxylic acids is 2. The minimum atomic E-state index is 0.00351. The van der Waals surface area contributed by atoms with Crippen molar-refractivity contribution in [3.05, 3.63) is 93.7 Å². The van der Waals surface area contributed by atoms with E-state index in [0.29, 0.717) is 22.8 Å². The van der Waals surface area contributed by atoms with E-state index in [-0.39, 0.29) is 23.9 Å². The normalized spacial score (nSPS) is 21.8. The van der Waals surface area contributed by atoms with Crippen molar-refractivity contribution in [2.24, 2.45) is 0 Å². The summed E-state index contributed by atoms with van der Waals surface area (Å²) in [5, 5.41) is 0. The van der Waals surface area contributed by atoms with Gasteiger partial charge in [-0.05, 0) is 37.4 Å². The number of carbonyl (C=O) groups is 2. The van der Waals surface area contributed by atoms with Crippen molar-refractivity contribution < 1.29 is 9.59 Å². The molecule has 6 nitrogen and oxygen atoms in total. The topological polar surface area (TPSA) is 47.1 Å². The molecule has 0 N–H and O–H groups in total. The van der Waals surface area contributed by atoms with E-state index in [1.165, 1.54) is 11.3 Å². The number of rotatable bonds is 4. The van der Waals surface area contributed by atoms with Crippen LogP contribution in [-0.2, 0) is 0 Å². The third-order valence-corrected chi connectivity index (χ3v) is 8.15. The lowest BCUT2D eigenvalue weighted by Crippen LogP contribution is -2.49. The Hall–Kier alpha value is -3.00. The quantitative estimate of drug-likeness (QED) is 0.557. The molecule has 7 heteroatoms. The Kier molecular flexibility index (Phi) is 7.00. The van der Waals surface area contributed by atoms with Crippen LogP contribution in [0, 0.1) is 0 Å². The minimum Gasteiger partial charge on any atom is -0.328 e. The van der Waals surface area contributed by atoms with Gasteiger partial charge in [0.1, 0.15) is 0 Å². The second-order valence-corrected chi connectivity index (χ2v) is 10.6. The van der Waals surface area contributed by atoms with Crippen LogP contribution in [0.1, 0.15) is 42.6 Å². The highest BCUT2D eigenvalue weighted by molar-refractivity contribution is 7.15. The van der Waals surface area contributed by atoms with Crippen molar-refractivity contribution in [2.75, 3.05) is 53.4 Å². The summed E-state index contributed by atoms with van der Waals surface area (Å²) < 4.78 is 0. The summed E-state index contributed by atoms with van der Waals surface area (Å²) in [7, 11) is 4.19. The lowest BCUT2D eigenvalue weighted by Gasteiger charge is -2.40. The third-order valence-electron chi connectivity index (χ3n) is 7.08. The van der Waals surface area contributed by atoms with Crippen LogP contribution in [0.3, 0.4) is 0 Å². The molecule has 2 aromatic carbocycles. The number of hydrogen-bond acceptors (Lipinski definition) is 5. The maximum atomic E-state index is 13.6. The second kappa shape index (κ2) is 10.3. The van der Waals surface area contributed by atoms with Crippen molar-refractivity contribution in [1.82, 2.24) is 19.6 Å². The van der Waals surface area contributed by atoms with Gasteiger partial charge in [-0.2, -0.15) is 0 Å². The number of thiophene rings is 1. The summed E-state index contributed by atoms with van der Waals surface area (Å²) in [6.07, 6.45) is 0. The molecular formula is C28H32N4O2S. The maximum absolute atomic E-state index is 13.6. The zero-order valence-electron chi connectivity index (χ0n) is 20.3. The molecule has 2 amide bonds. The van der Waals surface area contributed by atoms with Crippen LogP contribution in [0.5, 0.6) is 0 Å². The molecule has 0 spiro atoms. The molecule has 0 saturated carbocycles. The molecule has 2 aliphatic heterocycles. The SMILES string of the molecule is CN1CCN(C(=O)c2ccc(C(=O)N3CCN(C)CC3c3ccccc3)s2)C(c2ccccc2)C1. The van der Waals surface area contributed by atoms with Gasteiger partial charge in [0.05, 0.1) is 21.8 Å². The highest BCUT2D eigenvalue weighted by Gasteiger charge is 2.34. The third kappa shape index (κ3) is 5.03.